The van der Waals surface area contributed by atoms with Gasteiger partial charge in [-0.25, -0.2) is 4.98 Å². The fourth-order valence-corrected chi connectivity index (χ4v) is 1.76. The molecule has 5 heteroatoms. The van der Waals surface area contributed by atoms with Crippen LogP contribution in [0.4, 0.5) is 5.13 Å². The summed E-state index contributed by atoms with van der Waals surface area (Å²) in [5.41, 5.74) is 7.39. The highest BCUT2D eigenvalue weighted by atomic mass is 32.1. The van der Waals surface area contributed by atoms with Crippen LogP contribution in [0.3, 0.4) is 0 Å². The molecule has 0 radical (unpaired) electrons. The largest absolute Gasteiger partial charge is 0.374 e. The SMILES string of the molecule is CC(C)(C)c1cccc(-c2nsc(N)n2)n1. The molecule has 2 rings (SSSR count). The van der Waals surface area contributed by atoms with Gasteiger partial charge < -0.3 is 5.73 Å². The van der Waals surface area contributed by atoms with E-state index < -0.39 is 0 Å². The Labute approximate surface area is 98.7 Å². The second-order valence-corrected chi connectivity index (χ2v) is 5.40. The van der Waals surface area contributed by atoms with E-state index in [0.717, 1.165) is 11.4 Å². The van der Waals surface area contributed by atoms with E-state index in [4.69, 9.17) is 5.73 Å². The first-order valence-corrected chi connectivity index (χ1v) is 5.81. The number of anilines is 1. The quantitative estimate of drug-likeness (QED) is 0.823. The van der Waals surface area contributed by atoms with Crippen LogP contribution < -0.4 is 5.73 Å². The lowest BCUT2D eigenvalue weighted by Gasteiger charge is -2.17. The van der Waals surface area contributed by atoms with E-state index in [1.165, 1.54) is 11.5 Å². The Balaban J connectivity index is 2.44. The van der Waals surface area contributed by atoms with Crippen molar-refractivity contribution in [1.29, 1.82) is 0 Å². The lowest BCUT2D eigenvalue weighted by Crippen LogP contribution is -2.13. The fourth-order valence-electron chi connectivity index (χ4n) is 1.32. The average Bonchev–Trinajstić information content (AvgIpc) is 2.64. The maximum absolute atomic E-state index is 5.56. The monoisotopic (exact) mass is 234 g/mol. The fraction of sp³-hybridized carbons (Fsp3) is 0.364. The number of pyridine rings is 1. The molecule has 0 aliphatic heterocycles. The van der Waals surface area contributed by atoms with Crippen LogP contribution >= 0.6 is 11.5 Å². The second kappa shape index (κ2) is 3.83. The van der Waals surface area contributed by atoms with E-state index in [9.17, 15) is 0 Å². The maximum Gasteiger partial charge on any atom is 0.200 e. The molecule has 4 nitrogen and oxygen atoms in total. The first kappa shape index (κ1) is 11.0. The van der Waals surface area contributed by atoms with Crippen LogP contribution in [0.25, 0.3) is 11.5 Å². The standard InChI is InChI=1S/C11H14N4S/c1-11(2,3)8-6-4-5-7(13-8)9-14-10(12)16-15-9/h4-6H,1-3H3,(H2,12,14,15). The van der Waals surface area contributed by atoms with Crippen molar-refractivity contribution >= 4 is 16.7 Å². The molecule has 0 aromatic carbocycles. The molecular formula is C11H14N4S. The molecule has 0 fully saturated rings. The predicted octanol–water partition coefficient (Wildman–Crippen LogP) is 2.48. The first-order valence-electron chi connectivity index (χ1n) is 5.04. The number of aromatic nitrogens is 3. The van der Waals surface area contributed by atoms with Gasteiger partial charge in [-0.3, -0.25) is 0 Å². The Kier molecular flexibility index (Phi) is 2.63. The van der Waals surface area contributed by atoms with Crippen LogP contribution in [-0.2, 0) is 5.41 Å². The molecule has 0 saturated carbocycles. The lowest BCUT2D eigenvalue weighted by molar-refractivity contribution is 0.569. The van der Waals surface area contributed by atoms with Crippen molar-refractivity contribution in [2.45, 2.75) is 26.2 Å². The first-order chi connectivity index (χ1) is 7.47. The lowest BCUT2D eigenvalue weighted by atomic mass is 9.91. The minimum Gasteiger partial charge on any atom is -0.374 e. The molecule has 0 atom stereocenters. The maximum atomic E-state index is 5.56. The van der Waals surface area contributed by atoms with Gasteiger partial charge in [-0.05, 0) is 12.1 Å². The molecule has 0 saturated heterocycles. The Morgan fingerprint density at radius 1 is 1.19 bits per heavy atom. The summed E-state index contributed by atoms with van der Waals surface area (Å²) in [6, 6.07) is 5.89. The van der Waals surface area contributed by atoms with Crippen molar-refractivity contribution in [1.82, 2.24) is 14.3 Å². The summed E-state index contributed by atoms with van der Waals surface area (Å²) in [5.74, 6) is 0.605. The van der Waals surface area contributed by atoms with Crippen LogP contribution in [0.15, 0.2) is 18.2 Å². The van der Waals surface area contributed by atoms with Gasteiger partial charge in [0.25, 0.3) is 0 Å². The highest BCUT2D eigenvalue weighted by Gasteiger charge is 2.16. The summed E-state index contributed by atoms with van der Waals surface area (Å²) in [6.07, 6.45) is 0. The molecule has 2 heterocycles. The van der Waals surface area contributed by atoms with Crippen molar-refractivity contribution in [2.75, 3.05) is 5.73 Å². The van der Waals surface area contributed by atoms with Gasteiger partial charge in [0.05, 0.1) is 0 Å². The van der Waals surface area contributed by atoms with Crippen LogP contribution in [0.2, 0.25) is 0 Å². The van der Waals surface area contributed by atoms with Gasteiger partial charge in [0.1, 0.15) is 5.69 Å². The third-order valence-electron chi connectivity index (χ3n) is 2.19. The van der Waals surface area contributed by atoms with Crippen molar-refractivity contribution < 1.29 is 0 Å². The summed E-state index contributed by atoms with van der Waals surface area (Å²) >= 11 is 1.19. The second-order valence-electron chi connectivity index (χ2n) is 4.61. The van der Waals surface area contributed by atoms with E-state index in [1.54, 1.807) is 0 Å². The molecule has 84 valence electrons. The van der Waals surface area contributed by atoms with Crippen molar-refractivity contribution in [3.8, 4) is 11.5 Å². The predicted molar refractivity (Wildman–Crippen MR) is 66.3 cm³/mol. The van der Waals surface area contributed by atoms with E-state index in [2.05, 4.69) is 35.1 Å². The molecule has 0 bridgehead atoms. The molecular weight excluding hydrogens is 220 g/mol. The van der Waals surface area contributed by atoms with Crippen LogP contribution in [0.5, 0.6) is 0 Å². The Bertz CT molecular complexity index is 499. The zero-order valence-corrected chi connectivity index (χ0v) is 10.4. The molecule has 2 aromatic heterocycles. The van der Waals surface area contributed by atoms with Crippen LogP contribution in [-0.4, -0.2) is 14.3 Å². The number of nitrogen functional groups attached to an aromatic ring is 1. The summed E-state index contributed by atoms with van der Waals surface area (Å²) in [6.45, 7) is 6.38. The molecule has 16 heavy (non-hydrogen) atoms. The number of hydrogen-bond acceptors (Lipinski definition) is 5. The summed E-state index contributed by atoms with van der Waals surface area (Å²) in [5, 5.41) is 0.470. The average molecular weight is 234 g/mol. The molecule has 2 aromatic rings. The molecule has 0 amide bonds. The van der Waals surface area contributed by atoms with Crippen LogP contribution in [0, 0.1) is 0 Å². The normalized spacial score (nSPS) is 11.7. The van der Waals surface area contributed by atoms with Crippen molar-refractivity contribution in [3.63, 3.8) is 0 Å². The number of hydrogen-bond donors (Lipinski definition) is 1. The number of nitrogens with two attached hydrogens (primary N) is 1. The van der Waals surface area contributed by atoms with E-state index in [1.807, 2.05) is 18.2 Å². The van der Waals surface area contributed by atoms with Gasteiger partial charge >= 0.3 is 0 Å². The molecule has 0 aliphatic rings. The molecule has 2 N–H and O–H groups in total. The smallest absolute Gasteiger partial charge is 0.200 e. The van der Waals surface area contributed by atoms with Crippen LogP contribution in [0.1, 0.15) is 26.5 Å². The summed E-state index contributed by atoms with van der Waals surface area (Å²) in [4.78, 5) is 8.68. The number of nitrogens with zero attached hydrogens (tertiary/aromatic N) is 3. The van der Waals surface area contributed by atoms with Crippen molar-refractivity contribution in [2.24, 2.45) is 0 Å². The highest BCUT2D eigenvalue weighted by Crippen LogP contribution is 2.23. The Morgan fingerprint density at radius 2 is 1.94 bits per heavy atom. The molecule has 0 unspecified atom stereocenters. The molecule has 0 spiro atoms. The highest BCUT2D eigenvalue weighted by molar-refractivity contribution is 7.09. The van der Waals surface area contributed by atoms with Gasteiger partial charge in [-0.15, -0.1) is 0 Å². The minimum atomic E-state index is 0.0254. The van der Waals surface area contributed by atoms with E-state index in [0.29, 0.717) is 11.0 Å². The molecule has 0 aliphatic carbocycles. The van der Waals surface area contributed by atoms with E-state index >= 15 is 0 Å². The minimum absolute atomic E-state index is 0.0254. The van der Waals surface area contributed by atoms with E-state index in [-0.39, 0.29) is 5.41 Å². The Morgan fingerprint density at radius 3 is 2.50 bits per heavy atom. The zero-order chi connectivity index (χ0) is 11.8. The number of rotatable bonds is 1. The van der Waals surface area contributed by atoms with Gasteiger partial charge in [-0.1, -0.05) is 26.8 Å². The zero-order valence-electron chi connectivity index (χ0n) is 9.56. The van der Waals surface area contributed by atoms with Gasteiger partial charge in [0.15, 0.2) is 11.0 Å². The van der Waals surface area contributed by atoms with Gasteiger partial charge in [-0.2, -0.15) is 9.36 Å². The third kappa shape index (κ3) is 2.19. The summed E-state index contributed by atoms with van der Waals surface area (Å²) < 4.78 is 4.15. The summed E-state index contributed by atoms with van der Waals surface area (Å²) in [7, 11) is 0. The Hall–Kier alpha value is -1.49. The van der Waals surface area contributed by atoms with Gasteiger partial charge in [0.2, 0.25) is 0 Å². The van der Waals surface area contributed by atoms with Gasteiger partial charge in [0, 0.05) is 22.6 Å². The van der Waals surface area contributed by atoms with Crippen molar-refractivity contribution in [3.05, 3.63) is 23.9 Å². The topological polar surface area (TPSA) is 64.7 Å². The third-order valence-corrected chi connectivity index (χ3v) is 2.73.